The van der Waals surface area contributed by atoms with Gasteiger partial charge in [0.2, 0.25) is 0 Å². The van der Waals surface area contributed by atoms with Gasteiger partial charge in [-0.25, -0.2) is 4.79 Å². The Morgan fingerprint density at radius 3 is 2.41 bits per heavy atom. The molecule has 0 aliphatic heterocycles. The molecule has 5 nitrogen and oxygen atoms in total. The normalized spacial score (nSPS) is 10.7. The van der Waals surface area contributed by atoms with Gasteiger partial charge < -0.3 is 14.2 Å². The van der Waals surface area contributed by atoms with Crippen LogP contribution in [0.5, 0.6) is 17.2 Å². The highest BCUT2D eigenvalue weighted by molar-refractivity contribution is 5.89. The van der Waals surface area contributed by atoms with Crippen LogP contribution in [0, 0.1) is 11.3 Å². The molecule has 5 heteroatoms. The van der Waals surface area contributed by atoms with Gasteiger partial charge in [0.05, 0.1) is 18.8 Å². The van der Waals surface area contributed by atoms with Crippen LogP contribution in [-0.4, -0.2) is 19.7 Å². The molecule has 3 aromatic rings. The second-order valence-electron chi connectivity index (χ2n) is 6.05. The third kappa shape index (κ3) is 5.72. The van der Waals surface area contributed by atoms with Crippen LogP contribution in [0.1, 0.15) is 11.1 Å². The summed E-state index contributed by atoms with van der Waals surface area (Å²) < 4.78 is 15.9. The van der Waals surface area contributed by atoms with Crippen molar-refractivity contribution in [1.29, 1.82) is 5.26 Å². The summed E-state index contributed by atoms with van der Waals surface area (Å²) in [7, 11) is 1.56. The quantitative estimate of drug-likeness (QED) is 0.254. The van der Waals surface area contributed by atoms with Crippen molar-refractivity contribution in [3.63, 3.8) is 0 Å². The lowest BCUT2D eigenvalue weighted by Gasteiger charge is -2.08. The SMILES string of the molecule is COc1cccc(OCC(=O)Oc2cccc(/C=C(/C#N)c3ccccc3)c2)c1. The van der Waals surface area contributed by atoms with Gasteiger partial charge in [-0.05, 0) is 41.5 Å². The summed E-state index contributed by atoms with van der Waals surface area (Å²) in [6.07, 6.45) is 1.75. The Labute approximate surface area is 169 Å². The monoisotopic (exact) mass is 385 g/mol. The van der Waals surface area contributed by atoms with E-state index in [9.17, 15) is 10.1 Å². The van der Waals surface area contributed by atoms with Gasteiger partial charge in [-0.3, -0.25) is 0 Å². The second kappa shape index (κ2) is 9.77. The van der Waals surface area contributed by atoms with E-state index in [2.05, 4.69) is 6.07 Å². The van der Waals surface area contributed by atoms with E-state index in [4.69, 9.17) is 14.2 Å². The van der Waals surface area contributed by atoms with E-state index in [1.807, 2.05) is 36.4 Å². The summed E-state index contributed by atoms with van der Waals surface area (Å²) in [5, 5.41) is 9.44. The van der Waals surface area contributed by atoms with Crippen molar-refractivity contribution in [1.82, 2.24) is 0 Å². The van der Waals surface area contributed by atoms with Crippen LogP contribution in [0.3, 0.4) is 0 Å². The zero-order valence-electron chi connectivity index (χ0n) is 15.9. The first kappa shape index (κ1) is 19.7. The van der Waals surface area contributed by atoms with Crippen molar-refractivity contribution in [2.24, 2.45) is 0 Å². The van der Waals surface area contributed by atoms with Crippen molar-refractivity contribution in [3.05, 3.63) is 90.0 Å². The van der Waals surface area contributed by atoms with Gasteiger partial charge in [0.15, 0.2) is 6.61 Å². The van der Waals surface area contributed by atoms with Gasteiger partial charge in [-0.1, -0.05) is 48.5 Å². The standard InChI is InChI=1S/C24H19NO4/c1-27-21-10-6-11-22(15-21)28-17-24(26)29-23-12-5-7-18(14-23)13-20(16-25)19-8-3-2-4-9-19/h2-15H,17H2,1H3/b20-13-. The van der Waals surface area contributed by atoms with Crippen molar-refractivity contribution >= 4 is 17.6 Å². The fraction of sp³-hybridized carbons (Fsp3) is 0.0833. The second-order valence-corrected chi connectivity index (χ2v) is 6.05. The van der Waals surface area contributed by atoms with Crippen molar-refractivity contribution in [2.45, 2.75) is 0 Å². The predicted molar refractivity (Wildman–Crippen MR) is 110 cm³/mol. The summed E-state index contributed by atoms with van der Waals surface area (Å²) in [5.41, 5.74) is 2.10. The third-order valence-electron chi connectivity index (χ3n) is 4.00. The van der Waals surface area contributed by atoms with Crippen molar-refractivity contribution < 1.29 is 19.0 Å². The molecule has 0 bridgehead atoms. The lowest BCUT2D eigenvalue weighted by atomic mass is 10.0. The molecule has 0 aliphatic carbocycles. The highest BCUT2D eigenvalue weighted by Crippen LogP contribution is 2.21. The molecule has 0 saturated carbocycles. The van der Waals surface area contributed by atoms with Crippen LogP contribution in [0.2, 0.25) is 0 Å². The Bertz CT molecular complexity index is 1050. The molecule has 0 aromatic heterocycles. The summed E-state index contributed by atoms with van der Waals surface area (Å²) in [6, 6.07) is 25.5. The number of methoxy groups -OCH3 is 1. The molecule has 0 heterocycles. The van der Waals surface area contributed by atoms with Crippen molar-refractivity contribution in [3.8, 4) is 23.3 Å². The van der Waals surface area contributed by atoms with Crippen LogP contribution in [0.25, 0.3) is 11.6 Å². The topological polar surface area (TPSA) is 68.6 Å². The Morgan fingerprint density at radius 1 is 0.931 bits per heavy atom. The fourth-order valence-corrected chi connectivity index (χ4v) is 2.63. The van der Waals surface area contributed by atoms with Crippen LogP contribution in [-0.2, 0) is 4.79 Å². The maximum atomic E-state index is 12.1. The minimum atomic E-state index is -0.530. The largest absolute Gasteiger partial charge is 0.497 e. The molecule has 29 heavy (non-hydrogen) atoms. The van der Waals surface area contributed by atoms with E-state index < -0.39 is 5.97 Å². The molecule has 144 valence electrons. The molecule has 0 radical (unpaired) electrons. The number of ether oxygens (including phenoxy) is 3. The molecule has 0 atom stereocenters. The van der Waals surface area contributed by atoms with Crippen LogP contribution in [0.4, 0.5) is 0 Å². The summed E-state index contributed by atoms with van der Waals surface area (Å²) >= 11 is 0. The molecular formula is C24H19NO4. The maximum absolute atomic E-state index is 12.1. The first-order valence-electron chi connectivity index (χ1n) is 8.93. The molecule has 3 aromatic carbocycles. The molecule has 0 aliphatic rings. The summed E-state index contributed by atoms with van der Waals surface area (Å²) in [5.74, 6) is 1.00. The maximum Gasteiger partial charge on any atom is 0.349 e. The Morgan fingerprint density at radius 2 is 1.66 bits per heavy atom. The number of hydrogen-bond acceptors (Lipinski definition) is 5. The third-order valence-corrected chi connectivity index (χ3v) is 4.00. The summed E-state index contributed by atoms with van der Waals surface area (Å²) in [6.45, 7) is -0.235. The first-order valence-corrected chi connectivity index (χ1v) is 8.93. The van der Waals surface area contributed by atoms with E-state index >= 15 is 0 Å². The van der Waals surface area contributed by atoms with Gasteiger partial charge in [0.1, 0.15) is 17.2 Å². The lowest BCUT2D eigenvalue weighted by molar-refractivity contribution is -0.136. The van der Waals surface area contributed by atoms with E-state index in [1.165, 1.54) is 0 Å². The molecule has 0 unspecified atom stereocenters. The number of allylic oxidation sites excluding steroid dienone is 1. The van der Waals surface area contributed by atoms with Gasteiger partial charge >= 0.3 is 5.97 Å². The number of benzene rings is 3. The minimum Gasteiger partial charge on any atom is -0.497 e. The highest BCUT2D eigenvalue weighted by Gasteiger charge is 2.08. The molecule has 3 rings (SSSR count). The average molecular weight is 385 g/mol. The predicted octanol–water partition coefficient (Wildman–Crippen LogP) is 4.74. The molecule has 0 spiro atoms. The molecule has 0 amide bonds. The minimum absolute atomic E-state index is 0.235. The molecular weight excluding hydrogens is 366 g/mol. The fourth-order valence-electron chi connectivity index (χ4n) is 2.63. The zero-order chi connectivity index (χ0) is 20.5. The number of nitrogens with zero attached hydrogens (tertiary/aromatic N) is 1. The van der Waals surface area contributed by atoms with E-state index in [0.717, 1.165) is 11.1 Å². The zero-order valence-corrected chi connectivity index (χ0v) is 15.9. The van der Waals surface area contributed by atoms with Crippen molar-refractivity contribution in [2.75, 3.05) is 13.7 Å². The Balaban J connectivity index is 1.65. The highest BCUT2D eigenvalue weighted by atomic mass is 16.6. The van der Waals surface area contributed by atoms with Crippen LogP contribution >= 0.6 is 0 Å². The van der Waals surface area contributed by atoms with Crippen LogP contribution < -0.4 is 14.2 Å². The number of carbonyl (C=O) groups excluding carboxylic acids is 1. The van der Waals surface area contributed by atoms with Gasteiger partial charge in [0.25, 0.3) is 0 Å². The van der Waals surface area contributed by atoms with Gasteiger partial charge in [-0.2, -0.15) is 5.26 Å². The molecule has 0 saturated heterocycles. The van der Waals surface area contributed by atoms with E-state index in [1.54, 1.807) is 55.7 Å². The van der Waals surface area contributed by atoms with E-state index in [-0.39, 0.29) is 6.61 Å². The number of rotatable bonds is 7. The average Bonchev–Trinajstić information content (AvgIpc) is 2.77. The lowest BCUT2D eigenvalue weighted by Crippen LogP contribution is -2.17. The smallest absolute Gasteiger partial charge is 0.349 e. The number of nitriles is 1. The van der Waals surface area contributed by atoms with Gasteiger partial charge in [-0.15, -0.1) is 0 Å². The first-order chi connectivity index (χ1) is 14.2. The van der Waals surface area contributed by atoms with E-state index in [0.29, 0.717) is 22.8 Å². The van der Waals surface area contributed by atoms with Gasteiger partial charge in [0, 0.05) is 6.07 Å². The Kier molecular flexibility index (Phi) is 6.64. The number of esters is 1. The number of carbonyl (C=O) groups is 1. The molecule has 0 fully saturated rings. The summed E-state index contributed by atoms with van der Waals surface area (Å²) in [4.78, 5) is 12.1. The number of hydrogen-bond donors (Lipinski definition) is 0. The van der Waals surface area contributed by atoms with Crippen LogP contribution in [0.15, 0.2) is 78.9 Å². The Hall–Kier alpha value is -4.04. The molecule has 0 N–H and O–H groups in total.